The molecule has 138 valence electrons. The van der Waals surface area contributed by atoms with E-state index in [2.05, 4.69) is 4.72 Å². The minimum absolute atomic E-state index is 0.228. The molecule has 1 N–H and O–H groups in total. The highest BCUT2D eigenvalue weighted by atomic mass is 32.2. The molecule has 0 radical (unpaired) electrons. The molecular formula is C16H22N2O6S. The number of nitro benzene ring substituents is 1. The Morgan fingerprint density at radius 1 is 1.32 bits per heavy atom. The summed E-state index contributed by atoms with van der Waals surface area (Å²) >= 11 is 0. The van der Waals surface area contributed by atoms with Gasteiger partial charge < -0.3 is 4.74 Å². The number of carbonyl (C=O) groups is 1. The van der Waals surface area contributed by atoms with Crippen LogP contribution in [0, 0.1) is 16.0 Å². The number of esters is 1. The van der Waals surface area contributed by atoms with Crippen LogP contribution in [0.5, 0.6) is 0 Å². The van der Waals surface area contributed by atoms with Gasteiger partial charge in [0.2, 0.25) is 10.0 Å². The Morgan fingerprint density at radius 2 is 1.96 bits per heavy atom. The van der Waals surface area contributed by atoms with E-state index in [4.69, 9.17) is 4.74 Å². The SMILES string of the molecule is COC(=O)C(CC1CCCCC1)NS(=O)(=O)c1ccccc1[N+](=O)[O-]. The van der Waals surface area contributed by atoms with E-state index < -0.39 is 37.5 Å². The van der Waals surface area contributed by atoms with Crippen LogP contribution < -0.4 is 4.72 Å². The Morgan fingerprint density at radius 3 is 2.56 bits per heavy atom. The summed E-state index contributed by atoms with van der Waals surface area (Å²) in [7, 11) is -3.04. The van der Waals surface area contributed by atoms with Gasteiger partial charge in [0.25, 0.3) is 5.69 Å². The van der Waals surface area contributed by atoms with Crippen LogP contribution in [0.15, 0.2) is 29.2 Å². The Balaban J connectivity index is 2.24. The topological polar surface area (TPSA) is 116 Å². The van der Waals surface area contributed by atoms with Crippen molar-refractivity contribution >= 4 is 21.7 Å². The molecule has 1 aromatic carbocycles. The van der Waals surface area contributed by atoms with E-state index in [0.717, 1.165) is 44.2 Å². The lowest BCUT2D eigenvalue weighted by atomic mass is 9.85. The van der Waals surface area contributed by atoms with Gasteiger partial charge >= 0.3 is 5.97 Å². The van der Waals surface area contributed by atoms with E-state index in [1.807, 2.05) is 0 Å². The van der Waals surface area contributed by atoms with Crippen molar-refractivity contribution in [2.75, 3.05) is 7.11 Å². The van der Waals surface area contributed by atoms with E-state index in [1.165, 1.54) is 19.2 Å². The van der Waals surface area contributed by atoms with Gasteiger partial charge in [-0.25, -0.2) is 8.42 Å². The minimum atomic E-state index is -4.23. The Labute approximate surface area is 146 Å². The molecule has 1 aromatic rings. The van der Waals surface area contributed by atoms with Crippen LogP contribution in [-0.4, -0.2) is 32.5 Å². The van der Waals surface area contributed by atoms with Crippen LogP contribution in [0.2, 0.25) is 0 Å². The lowest BCUT2D eigenvalue weighted by Crippen LogP contribution is -2.43. The largest absolute Gasteiger partial charge is 0.468 e. The summed E-state index contributed by atoms with van der Waals surface area (Å²) in [6, 6.07) is 3.99. The van der Waals surface area contributed by atoms with Gasteiger partial charge in [-0.1, -0.05) is 44.2 Å². The van der Waals surface area contributed by atoms with Crippen molar-refractivity contribution in [2.24, 2.45) is 5.92 Å². The highest BCUT2D eigenvalue weighted by Gasteiger charge is 2.32. The zero-order valence-electron chi connectivity index (χ0n) is 14.0. The average Bonchev–Trinajstić information content (AvgIpc) is 2.61. The molecule has 1 saturated carbocycles. The molecule has 25 heavy (non-hydrogen) atoms. The first-order valence-electron chi connectivity index (χ1n) is 8.18. The summed E-state index contributed by atoms with van der Waals surface area (Å²) in [5.74, 6) is -0.459. The highest BCUT2D eigenvalue weighted by molar-refractivity contribution is 7.89. The van der Waals surface area contributed by atoms with Crippen LogP contribution in [0.4, 0.5) is 5.69 Å². The van der Waals surface area contributed by atoms with Crippen molar-refractivity contribution in [1.82, 2.24) is 4.72 Å². The number of para-hydroxylation sites is 1. The molecule has 0 bridgehead atoms. The van der Waals surface area contributed by atoms with Gasteiger partial charge in [0.15, 0.2) is 4.90 Å². The second kappa shape index (κ2) is 8.39. The smallest absolute Gasteiger partial charge is 0.323 e. The zero-order valence-corrected chi connectivity index (χ0v) is 14.8. The zero-order chi connectivity index (χ0) is 18.4. The Hall–Kier alpha value is -2.00. The van der Waals surface area contributed by atoms with Gasteiger partial charge in [-0.15, -0.1) is 0 Å². The van der Waals surface area contributed by atoms with E-state index in [-0.39, 0.29) is 5.92 Å². The molecule has 0 heterocycles. The maximum absolute atomic E-state index is 12.6. The monoisotopic (exact) mass is 370 g/mol. The van der Waals surface area contributed by atoms with Gasteiger partial charge in [0.05, 0.1) is 12.0 Å². The summed E-state index contributed by atoms with van der Waals surface area (Å²) in [6.07, 6.45) is 5.43. The maximum atomic E-state index is 12.6. The van der Waals surface area contributed by atoms with Gasteiger partial charge in [0.1, 0.15) is 6.04 Å². The fourth-order valence-corrected chi connectivity index (χ4v) is 4.55. The molecule has 8 nitrogen and oxygen atoms in total. The summed E-state index contributed by atoms with van der Waals surface area (Å²) in [6.45, 7) is 0. The predicted octanol–water partition coefficient (Wildman–Crippen LogP) is 2.39. The van der Waals surface area contributed by atoms with E-state index in [9.17, 15) is 23.3 Å². The predicted molar refractivity (Wildman–Crippen MR) is 90.4 cm³/mol. The first kappa shape index (κ1) is 19.3. The number of hydrogen-bond donors (Lipinski definition) is 1. The number of nitrogens with zero attached hydrogens (tertiary/aromatic N) is 1. The number of ether oxygens (including phenoxy) is 1. The molecule has 0 saturated heterocycles. The molecular weight excluding hydrogens is 348 g/mol. The van der Waals surface area contributed by atoms with E-state index in [1.54, 1.807) is 0 Å². The van der Waals surface area contributed by atoms with Crippen molar-refractivity contribution in [1.29, 1.82) is 0 Å². The number of nitrogens with one attached hydrogen (secondary N) is 1. The number of hydrogen-bond acceptors (Lipinski definition) is 6. The number of benzene rings is 1. The third-order valence-electron chi connectivity index (χ3n) is 4.43. The second-order valence-corrected chi connectivity index (χ2v) is 7.84. The molecule has 0 amide bonds. The van der Waals surface area contributed by atoms with Crippen LogP contribution >= 0.6 is 0 Å². The van der Waals surface area contributed by atoms with Crippen molar-refractivity contribution in [3.8, 4) is 0 Å². The number of carbonyl (C=O) groups excluding carboxylic acids is 1. The van der Waals surface area contributed by atoms with Gasteiger partial charge in [-0.2, -0.15) is 4.72 Å². The van der Waals surface area contributed by atoms with Crippen molar-refractivity contribution < 1.29 is 22.9 Å². The van der Waals surface area contributed by atoms with Crippen molar-refractivity contribution in [3.05, 3.63) is 34.4 Å². The standard InChI is InChI=1S/C16H22N2O6S/c1-24-16(19)13(11-12-7-3-2-4-8-12)17-25(22,23)15-10-6-5-9-14(15)18(20)21/h5-6,9-10,12-13,17H,2-4,7-8,11H2,1H3. The minimum Gasteiger partial charge on any atom is -0.468 e. The molecule has 9 heteroatoms. The van der Waals surface area contributed by atoms with Crippen molar-refractivity contribution in [2.45, 2.75) is 49.5 Å². The lowest BCUT2D eigenvalue weighted by molar-refractivity contribution is -0.387. The number of rotatable bonds is 7. The highest BCUT2D eigenvalue weighted by Crippen LogP contribution is 2.29. The third-order valence-corrected chi connectivity index (χ3v) is 5.95. The van der Waals surface area contributed by atoms with Crippen LogP contribution in [-0.2, 0) is 19.6 Å². The molecule has 0 spiro atoms. The number of methoxy groups -OCH3 is 1. The first-order valence-corrected chi connectivity index (χ1v) is 9.67. The average molecular weight is 370 g/mol. The molecule has 2 rings (SSSR count). The Kier molecular flexibility index (Phi) is 6.49. The summed E-state index contributed by atoms with van der Waals surface area (Å²) in [5.41, 5.74) is -0.531. The number of sulfonamides is 1. The molecule has 0 aromatic heterocycles. The molecule has 1 aliphatic carbocycles. The molecule has 1 atom stereocenters. The summed E-state index contributed by atoms with van der Waals surface area (Å²) in [4.78, 5) is 21.9. The lowest BCUT2D eigenvalue weighted by Gasteiger charge is -2.25. The van der Waals surface area contributed by atoms with Gasteiger partial charge in [-0.05, 0) is 18.4 Å². The molecule has 1 fully saturated rings. The summed E-state index contributed by atoms with van der Waals surface area (Å²) in [5, 5.41) is 11.1. The second-order valence-electron chi connectivity index (χ2n) is 6.16. The molecule has 0 aliphatic heterocycles. The fourth-order valence-electron chi connectivity index (χ4n) is 3.18. The summed E-state index contributed by atoms with van der Waals surface area (Å²) < 4.78 is 32.2. The van der Waals surface area contributed by atoms with Gasteiger partial charge in [-0.3, -0.25) is 14.9 Å². The maximum Gasteiger partial charge on any atom is 0.323 e. The Bertz CT molecular complexity index is 728. The first-order chi connectivity index (χ1) is 11.8. The normalized spacial score (nSPS) is 17.0. The number of nitro groups is 1. The molecule has 1 unspecified atom stereocenters. The fraction of sp³-hybridized carbons (Fsp3) is 0.562. The molecule has 1 aliphatic rings. The van der Waals surface area contributed by atoms with Crippen LogP contribution in [0.25, 0.3) is 0 Å². The van der Waals surface area contributed by atoms with Crippen LogP contribution in [0.3, 0.4) is 0 Å². The third kappa shape index (κ3) is 4.99. The van der Waals surface area contributed by atoms with Crippen molar-refractivity contribution in [3.63, 3.8) is 0 Å². The van der Waals surface area contributed by atoms with Crippen LogP contribution in [0.1, 0.15) is 38.5 Å². The van der Waals surface area contributed by atoms with Gasteiger partial charge in [0, 0.05) is 6.07 Å². The van der Waals surface area contributed by atoms with E-state index in [0.29, 0.717) is 6.42 Å². The quantitative estimate of drug-likeness (QED) is 0.447. The van der Waals surface area contributed by atoms with E-state index >= 15 is 0 Å².